The fourth-order valence-electron chi connectivity index (χ4n) is 2.14. The van der Waals surface area contributed by atoms with Gasteiger partial charge < -0.3 is 0 Å². The van der Waals surface area contributed by atoms with Gasteiger partial charge in [0.25, 0.3) is 0 Å². The molecule has 3 rings (SSSR count). The third kappa shape index (κ3) is 4.14. The summed E-state index contributed by atoms with van der Waals surface area (Å²) >= 11 is 5.95. The molecule has 0 fully saturated rings. The van der Waals surface area contributed by atoms with Crippen LogP contribution in [0.25, 0.3) is 11.3 Å². The second-order valence-electron chi connectivity index (χ2n) is 4.98. The van der Waals surface area contributed by atoms with Crippen LogP contribution in [0.2, 0.25) is 5.02 Å². The molecular weight excluding hydrogens is 308 g/mol. The van der Waals surface area contributed by atoms with Gasteiger partial charge in [-0.05, 0) is 24.6 Å². The third-order valence-electron chi connectivity index (χ3n) is 3.15. The Labute approximate surface area is 139 Å². The van der Waals surface area contributed by atoms with Gasteiger partial charge in [0.15, 0.2) is 0 Å². The number of rotatable bonds is 4. The Hall–Kier alpha value is -2.72. The van der Waals surface area contributed by atoms with E-state index in [1.807, 2.05) is 67.6 Å². The van der Waals surface area contributed by atoms with E-state index in [0.717, 1.165) is 16.8 Å². The Morgan fingerprint density at radius 2 is 1.83 bits per heavy atom. The van der Waals surface area contributed by atoms with E-state index in [9.17, 15) is 0 Å². The predicted octanol–water partition coefficient (Wildman–Crippen LogP) is 4.55. The molecular formula is C18H15ClN4. The Balaban J connectivity index is 1.79. The van der Waals surface area contributed by atoms with E-state index in [4.69, 9.17) is 11.6 Å². The van der Waals surface area contributed by atoms with Crippen LogP contribution in [0.5, 0.6) is 0 Å². The maximum Gasteiger partial charge on any atom is 0.150 e. The first kappa shape index (κ1) is 15.2. The highest BCUT2D eigenvalue weighted by atomic mass is 35.5. The van der Waals surface area contributed by atoms with E-state index in [1.54, 1.807) is 6.21 Å². The number of hydrazone groups is 1. The lowest BCUT2D eigenvalue weighted by atomic mass is 10.1. The van der Waals surface area contributed by atoms with Crippen molar-refractivity contribution in [1.82, 2.24) is 9.97 Å². The molecule has 1 aromatic heterocycles. The van der Waals surface area contributed by atoms with Gasteiger partial charge in [0.2, 0.25) is 0 Å². The molecule has 23 heavy (non-hydrogen) atoms. The number of nitrogens with zero attached hydrogens (tertiary/aromatic N) is 3. The van der Waals surface area contributed by atoms with Crippen LogP contribution in [0.15, 0.2) is 65.8 Å². The minimum absolute atomic E-state index is 0.648. The predicted molar refractivity (Wildman–Crippen MR) is 94.9 cm³/mol. The number of aromatic nitrogens is 2. The van der Waals surface area contributed by atoms with Crippen molar-refractivity contribution in [2.45, 2.75) is 6.92 Å². The summed E-state index contributed by atoms with van der Waals surface area (Å²) in [7, 11) is 0. The number of benzene rings is 2. The Bertz CT molecular complexity index is 831. The molecule has 0 unspecified atom stereocenters. The largest absolute Gasteiger partial charge is 0.261 e. The van der Waals surface area contributed by atoms with E-state index in [-0.39, 0.29) is 0 Å². The summed E-state index contributed by atoms with van der Waals surface area (Å²) in [4.78, 5) is 8.81. The second kappa shape index (κ2) is 7.03. The lowest BCUT2D eigenvalue weighted by Crippen LogP contribution is -1.98. The van der Waals surface area contributed by atoms with Crippen LogP contribution in [0.4, 0.5) is 5.82 Å². The molecule has 0 amide bonds. The quantitative estimate of drug-likeness (QED) is 0.566. The fraction of sp³-hybridized carbons (Fsp3) is 0.0556. The zero-order valence-corrected chi connectivity index (χ0v) is 13.3. The monoisotopic (exact) mass is 322 g/mol. The zero-order valence-electron chi connectivity index (χ0n) is 12.6. The van der Waals surface area contributed by atoms with Crippen molar-refractivity contribution >= 4 is 23.6 Å². The van der Waals surface area contributed by atoms with Gasteiger partial charge in [-0.15, -0.1) is 0 Å². The molecule has 0 radical (unpaired) electrons. The molecule has 0 saturated heterocycles. The van der Waals surface area contributed by atoms with E-state index >= 15 is 0 Å². The van der Waals surface area contributed by atoms with Gasteiger partial charge >= 0.3 is 0 Å². The molecule has 1 heterocycles. The van der Waals surface area contributed by atoms with Crippen molar-refractivity contribution in [1.29, 1.82) is 0 Å². The van der Waals surface area contributed by atoms with Crippen molar-refractivity contribution in [3.8, 4) is 11.3 Å². The number of nitrogens with one attached hydrogen (secondary N) is 1. The third-order valence-corrected chi connectivity index (χ3v) is 3.38. The van der Waals surface area contributed by atoms with E-state index in [2.05, 4.69) is 20.5 Å². The molecule has 0 aliphatic heterocycles. The summed E-state index contributed by atoms with van der Waals surface area (Å²) in [6, 6.07) is 19.3. The molecule has 0 aliphatic carbocycles. The summed E-state index contributed by atoms with van der Waals surface area (Å²) in [5, 5.41) is 4.88. The Kier molecular flexibility index (Phi) is 4.64. The Morgan fingerprint density at radius 1 is 1.00 bits per heavy atom. The van der Waals surface area contributed by atoms with Crippen LogP contribution in [0, 0.1) is 6.92 Å². The molecule has 0 saturated carbocycles. The smallest absolute Gasteiger partial charge is 0.150 e. The minimum atomic E-state index is 0.648. The van der Waals surface area contributed by atoms with Crippen molar-refractivity contribution in [3.05, 3.63) is 77.1 Å². The first-order chi connectivity index (χ1) is 11.2. The average Bonchev–Trinajstić information content (AvgIpc) is 2.55. The minimum Gasteiger partial charge on any atom is -0.261 e. The van der Waals surface area contributed by atoms with Crippen LogP contribution in [-0.2, 0) is 0 Å². The molecule has 0 atom stereocenters. The summed E-state index contributed by atoms with van der Waals surface area (Å²) in [5.74, 6) is 1.33. The highest BCUT2D eigenvalue weighted by molar-refractivity contribution is 6.30. The SMILES string of the molecule is Cc1nc(N/N=C/c2cccc(Cl)c2)cc(-c2ccccc2)n1. The number of hydrogen-bond acceptors (Lipinski definition) is 4. The van der Waals surface area contributed by atoms with Crippen molar-refractivity contribution in [3.63, 3.8) is 0 Å². The van der Waals surface area contributed by atoms with Crippen LogP contribution < -0.4 is 5.43 Å². The maximum atomic E-state index is 5.95. The van der Waals surface area contributed by atoms with Crippen LogP contribution in [-0.4, -0.2) is 16.2 Å². The molecule has 1 N–H and O–H groups in total. The molecule has 2 aromatic carbocycles. The van der Waals surface area contributed by atoms with Gasteiger partial charge in [-0.3, -0.25) is 5.43 Å². The topological polar surface area (TPSA) is 50.2 Å². The van der Waals surface area contributed by atoms with Gasteiger partial charge in [0.05, 0.1) is 11.9 Å². The average molecular weight is 323 g/mol. The molecule has 114 valence electrons. The molecule has 0 bridgehead atoms. The van der Waals surface area contributed by atoms with Gasteiger partial charge in [-0.2, -0.15) is 5.10 Å². The van der Waals surface area contributed by atoms with E-state index in [0.29, 0.717) is 16.7 Å². The van der Waals surface area contributed by atoms with Gasteiger partial charge in [-0.25, -0.2) is 9.97 Å². The molecule has 0 spiro atoms. The highest BCUT2D eigenvalue weighted by Gasteiger charge is 2.03. The highest BCUT2D eigenvalue weighted by Crippen LogP contribution is 2.19. The number of hydrogen-bond donors (Lipinski definition) is 1. The van der Waals surface area contributed by atoms with Gasteiger partial charge in [0, 0.05) is 16.7 Å². The summed E-state index contributed by atoms with van der Waals surface area (Å²) < 4.78 is 0. The van der Waals surface area contributed by atoms with Crippen molar-refractivity contribution in [2.24, 2.45) is 5.10 Å². The first-order valence-electron chi connectivity index (χ1n) is 7.16. The normalized spacial score (nSPS) is 10.9. The summed E-state index contributed by atoms with van der Waals surface area (Å²) in [5.41, 5.74) is 5.76. The maximum absolute atomic E-state index is 5.95. The van der Waals surface area contributed by atoms with Crippen LogP contribution >= 0.6 is 11.6 Å². The summed E-state index contributed by atoms with van der Waals surface area (Å²) in [6.07, 6.45) is 1.70. The number of halogens is 1. The van der Waals surface area contributed by atoms with E-state index < -0.39 is 0 Å². The molecule has 3 aromatic rings. The summed E-state index contributed by atoms with van der Waals surface area (Å²) in [6.45, 7) is 1.86. The van der Waals surface area contributed by atoms with Gasteiger partial charge in [0.1, 0.15) is 11.6 Å². The fourth-order valence-corrected chi connectivity index (χ4v) is 2.34. The lowest BCUT2D eigenvalue weighted by Gasteiger charge is -2.05. The number of aryl methyl sites for hydroxylation is 1. The van der Waals surface area contributed by atoms with Crippen LogP contribution in [0.1, 0.15) is 11.4 Å². The van der Waals surface area contributed by atoms with E-state index in [1.165, 1.54) is 0 Å². The van der Waals surface area contributed by atoms with Crippen LogP contribution in [0.3, 0.4) is 0 Å². The molecule has 4 nitrogen and oxygen atoms in total. The lowest BCUT2D eigenvalue weighted by molar-refractivity contribution is 1.05. The zero-order chi connectivity index (χ0) is 16.1. The first-order valence-corrected chi connectivity index (χ1v) is 7.54. The second-order valence-corrected chi connectivity index (χ2v) is 5.41. The Morgan fingerprint density at radius 3 is 2.61 bits per heavy atom. The van der Waals surface area contributed by atoms with Gasteiger partial charge in [-0.1, -0.05) is 54.1 Å². The molecule has 5 heteroatoms. The van der Waals surface area contributed by atoms with Crippen molar-refractivity contribution < 1.29 is 0 Å². The standard InChI is InChI=1S/C18H15ClN4/c1-13-21-17(15-7-3-2-4-8-15)11-18(22-13)23-20-12-14-6-5-9-16(19)10-14/h2-12H,1H3,(H,21,22,23)/b20-12+. The van der Waals surface area contributed by atoms with Crippen molar-refractivity contribution in [2.75, 3.05) is 5.43 Å². The number of anilines is 1. The molecule has 0 aliphatic rings.